The molecule has 1 aromatic carbocycles. The Kier molecular flexibility index (Phi) is 6.09. The highest BCUT2D eigenvalue weighted by Gasteiger charge is 2.37. The van der Waals surface area contributed by atoms with Gasteiger partial charge < -0.3 is 14.5 Å². The normalized spacial score (nSPS) is 21.5. The molecule has 0 atom stereocenters. The Bertz CT molecular complexity index is 860. The number of likely N-dealkylation sites (tertiary alicyclic amines) is 1. The summed E-state index contributed by atoms with van der Waals surface area (Å²) in [6.45, 7) is 13.1. The lowest BCUT2D eigenvalue weighted by Gasteiger charge is -2.42. The van der Waals surface area contributed by atoms with Gasteiger partial charge >= 0.3 is 0 Å². The number of unbranched alkanes of at least 4 members (excludes halogenated alkanes) is 1. The number of fused-ring (bicyclic) bond motifs is 1. The van der Waals surface area contributed by atoms with Crippen molar-refractivity contribution in [1.29, 1.82) is 0 Å². The molecule has 4 nitrogen and oxygen atoms in total. The van der Waals surface area contributed by atoms with Gasteiger partial charge in [-0.15, -0.1) is 0 Å². The standard InChI is InChI=1S/C26H38N2O2/c1-25(2)11-12-26(3,4)22-17-20(7-8-21(22)25)23-18-24(30-27-23)19-9-14-28(15-10-19)13-5-6-16-29/h7-8,17-19,29H,5-6,9-16H2,1-4H3. The molecular weight excluding hydrogens is 372 g/mol. The number of rotatable bonds is 6. The Labute approximate surface area is 181 Å². The Morgan fingerprint density at radius 2 is 1.70 bits per heavy atom. The van der Waals surface area contributed by atoms with Gasteiger partial charge in [0.15, 0.2) is 0 Å². The number of hydrogen-bond acceptors (Lipinski definition) is 4. The third-order valence-electron chi connectivity index (χ3n) is 7.55. The van der Waals surface area contributed by atoms with Crippen LogP contribution in [0.1, 0.15) is 89.0 Å². The first-order chi connectivity index (χ1) is 14.3. The zero-order valence-electron chi connectivity index (χ0n) is 19.2. The van der Waals surface area contributed by atoms with Crippen molar-refractivity contribution in [3.63, 3.8) is 0 Å². The van der Waals surface area contributed by atoms with E-state index in [1.54, 1.807) is 0 Å². The second-order valence-corrected chi connectivity index (χ2v) is 10.7. The zero-order valence-corrected chi connectivity index (χ0v) is 19.2. The maximum absolute atomic E-state index is 8.96. The minimum atomic E-state index is 0.205. The Balaban J connectivity index is 1.48. The highest BCUT2D eigenvalue weighted by molar-refractivity contribution is 5.63. The van der Waals surface area contributed by atoms with Gasteiger partial charge in [-0.2, -0.15) is 0 Å². The fourth-order valence-corrected chi connectivity index (χ4v) is 5.25. The van der Waals surface area contributed by atoms with Crippen LogP contribution in [0.2, 0.25) is 0 Å². The van der Waals surface area contributed by atoms with E-state index in [1.807, 2.05) is 0 Å². The number of aliphatic hydroxyl groups excluding tert-OH is 1. The predicted octanol–water partition coefficient (Wildman–Crippen LogP) is 5.64. The summed E-state index contributed by atoms with van der Waals surface area (Å²) >= 11 is 0. The predicted molar refractivity (Wildman–Crippen MR) is 122 cm³/mol. The maximum Gasteiger partial charge on any atom is 0.140 e. The van der Waals surface area contributed by atoms with E-state index in [0.717, 1.165) is 56.8 Å². The van der Waals surface area contributed by atoms with Crippen LogP contribution in [0.4, 0.5) is 0 Å². The molecule has 0 spiro atoms. The number of hydrogen-bond donors (Lipinski definition) is 1. The number of benzene rings is 1. The summed E-state index contributed by atoms with van der Waals surface area (Å²) in [4.78, 5) is 2.51. The summed E-state index contributed by atoms with van der Waals surface area (Å²) < 4.78 is 5.83. The van der Waals surface area contributed by atoms with Crippen LogP contribution in [0, 0.1) is 0 Å². The van der Waals surface area contributed by atoms with Crippen molar-refractivity contribution in [3.8, 4) is 11.3 Å². The summed E-state index contributed by atoms with van der Waals surface area (Å²) in [5.74, 6) is 1.51. The van der Waals surface area contributed by atoms with Gasteiger partial charge in [0.1, 0.15) is 11.5 Å². The van der Waals surface area contributed by atoms with E-state index in [4.69, 9.17) is 9.63 Å². The molecule has 1 aromatic heterocycles. The highest BCUT2D eigenvalue weighted by Crippen LogP contribution is 2.46. The molecule has 2 aromatic rings. The van der Waals surface area contributed by atoms with Crippen LogP contribution in [-0.2, 0) is 10.8 Å². The molecule has 1 aliphatic carbocycles. The Morgan fingerprint density at radius 1 is 1.00 bits per heavy atom. The summed E-state index contributed by atoms with van der Waals surface area (Å²) in [6, 6.07) is 9.09. The molecule has 4 heteroatoms. The fraction of sp³-hybridized carbons (Fsp3) is 0.654. The molecule has 2 aliphatic rings. The third kappa shape index (κ3) is 4.36. The Hall–Kier alpha value is -1.65. The number of piperidine rings is 1. The topological polar surface area (TPSA) is 49.5 Å². The van der Waals surface area contributed by atoms with Crippen molar-refractivity contribution in [2.75, 3.05) is 26.2 Å². The van der Waals surface area contributed by atoms with Crippen LogP contribution in [0.15, 0.2) is 28.8 Å². The molecular formula is C26H38N2O2. The van der Waals surface area contributed by atoms with Crippen molar-refractivity contribution >= 4 is 0 Å². The monoisotopic (exact) mass is 410 g/mol. The molecule has 0 saturated carbocycles. The molecule has 0 bridgehead atoms. The van der Waals surface area contributed by atoms with Gasteiger partial charge in [0.05, 0.1) is 0 Å². The summed E-state index contributed by atoms with van der Waals surface area (Å²) in [6.07, 6.45) is 6.69. The van der Waals surface area contributed by atoms with Crippen molar-refractivity contribution in [2.24, 2.45) is 0 Å². The van der Waals surface area contributed by atoms with E-state index in [2.05, 4.69) is 62.0 Å². The molecule has 30 heavy (non-hydrogen) atoms. The van der Waals surface area contributed by atoms with Crippen molar-refractivity contribution in [1.82, 2.24) is 10.1 Å². The first kappa shape index (κ1) is 21.6. The van der Waals surface area contributed by atoms with Crippen molar-refractivity contribution in [3.05, 3.63) is 41.2 Å². The SMILES string of the molecule is CC1(C)CCC(C)(C)c2cc(-c3cc(C4CCN(CCCCO)CC4)on3)ccc21. The molecule has 1 aliphatic heterocycles. The van der Waals surface area contributed by atoms with E-state index in [9.17, 15) is 0 Å². The van der Waals surface area contributed by atoms with Gasteiger partial charge in [-0.3, -0.25) is 0 Å². The second kappa shape index (κ2) is 8.47. The molecule has 2 heterocycles. The van der Waals surface area contributed by atoms with Gasteiger partial charge in [0, 0.05) is 24.2 Å². The molecule has 1 N–H and O–H groups in total. The van der Waals surface area contributed by atoms with Gasteiger partial charge in [-0.1, -0.05) is 45.0 Å². The van der Waals surface area contributed by atoms with Crippen LogP contribution in [-0.4, -0.2) is 41.4 Å². The van der Waals surface area contributed by atoms with Crippen molar-refractivity contribution in [2.45, 2.75) is 83.0 Å². The number of aromatic nitrogens is 1. The summed E-state index contributed by atoms with van der Waals surface area (Å²) in [5.41, 5.74) is 5.55. The van der Waals surface area contributed by atoms with E-state index < -0.39 is 0 Å². The fourth-order valence-electron chi connectivity index (χ4n) is 5.25. The molecule has 0 unspecified atom stereocenters. The van der Waals surface area contributed by atoms with Crippen molar-refractivity contribution < 1.29 is 9.63 Å². The molecule has 1 saturated heterocycles. The lowest BCUT2D eigenvalue weighted by molar-refractivity contribution is 0.187. The van der Waals surface area contributed by atoms with Crippen LogP contribution >= 0.6 is 0 Å². The molecule has 164 valence electrons. The summed E-state index contributed by atoms with van der Waals surface area (Å²) in [5, 5.41) is 13.4. The van der Waals surface area contributed by atoms with Gasteiger partial charge in [0.2, 0.25) is 0 Å². The lowest BCUT2D eigenvalue weighted by atomic mass is 9.63. The zero-order chi connectivity index (χ0) is 21.4. The van der Waals surface area contributed by atoms with Gasteiger partial charge in [-0.25, -0.2) is 0 Å². The molecule has 0 radical (unpaired) electrons. The van der Waals surface area contributed by atoms with Crippen LogP contribution in [0.25, 0.3) is 11.3 Å². The number of nitrogens with zero attached hydrogens (tertiary/aromatic N) is 2. The van der Waals surface area contributed by atoms with E-state index >= 15 is 0 Å². The minimum Gasteiger partial charge on any atom is -0.396 e. The molecule has 0 amide bonds. The number of aliphatic hydroxyl groups is 1. The van der Waals surface area contributed by atoms with Crippen LogP contribution in [0.3, 0.4) is 0 Å². The summed E-state index contributed by atoms with van der Waals surface area (Å²) in [7, 11) is 0. The largest absolute Gasteiger partial charge is 0.396 e. The smallest absolute Gasteiger partial charge is 0.140 e. The van der Waals surface area contributed by atoms with Gasteiger partial charge in [0.25, 0.3) is 0 Å². The van der Waals surface area contributed by atoms with E-state index in [1.165, 1.54) is 29.5 Å². The average Bonchev–Trinajstić information content (AvgIpc) is 3.22. The first-order valence-corrected chi connectivity index (χ1v) is 11.8. The lowest BCUT2D eigenvalue weighted by Crippen LogP contribution is -2.33. The quantitative estimate of drug-likeness (QED) is 0.626. The average molecular weight is 411 g/mol. The van der Waals surface area contributed by atoms with E-state index in [0.29, 0.717) is 12.5 Å². The van der Waals surface area contributed by atoms with E-state index in [-0.39, 0.29) is 10.8 Å². The highest BCUT2D eigenvalue weighted by atomic mass is 16.5. The third-order valence-corrected chi connectivity index (χ3v) is 7.55. The van der Waals surface area contributed by atoms with Gasteiger partial charge in [-0.05, 0) is 86.2 Å². The van der Waals surface area contributed by atoms with Crippen LogP contribution < -0.4 is 0 Å². The molecule has 1 fully saturated rings. The maximum atomic E-state index is 8.96. The second-order valence-electron chi connectivity index (χ2n) is 10.7. The minimum absolute atomic E-state index is 0.205. The first-order valence-electron chi connectivity index (χ1n) is 11.8. The Morgan fingerprint density at radius 3 is 2.40 bits per heavy atom. The molecule has 4 rings (SSSR count). The van der Waals surface area contributed by atoms with Crippen LogP contribution in [0.5, 0.6) is 0 Å².